The van der Waals surface area contributed by atoms with Crippen LogP contribution in [0, 0.1) is 13.8 Å². The van der Waals surface area contributed by atoms with Gasteiger partial charge in [-0.25, -0.2) is 0 Å². The minimum Gasteiger partial charge on any atom is -0.399 e. The molecule has 2 aromatic carbocycles. The standard InChI is InChI=1S/C16H17N/c1-11-4-5-14(12(2)8-11)10-15-6-7-16(17)9-13(15)3/h4-10H,2,17H2,1,3H3/b14-10-. The van der Waals surface area contributed by atoms with E-state index in [2.05, 4.69) is 44.7 Å². The zero-order valence-electron chi connectivity index (χ0n) is 10.3. The highest BCUT2D eigenvalue weighted by Crippen LogP contribution is 2.12. The van der Waals surface area contributed by atoms with Gasteiger partial charge < -0.3 is 5.73 Å². The Labute approximate surface area is 102 Å². The van der Waals surface area contributed by atoms with Crippen molar-refractivity contribution in [1.29, 1.82) is 0 Å². The zero-order valence-corrected chi connectivity index (χ0v) is 10.3. The van der Waals surface area contributed by atoms with E-state index in [4.69, 9.17) is 5.73 Å². The molecule has 17 heavy (non-hydrogen) atoms. The SMILES string of the molecule is C=c1cc(C)cc/c1=C/c1ccc(N)cc1C. The number of nitrogen functional groups attached to an aromatic ring is 1. The van der Waals surface area contributed by atoms with Crippen molar-refractivity contribution in [2.45, 2.75) is 13.8 Å². The molecule has 0 aliphatic rings. The minimum absolute atomic E-state index is 0.804. The molecule has 0 unspecified atom stereocenters. The Balaban J connectivity index is 2.59. The molecule has 0 aliphatic heterocycles. The second kappa shape index (κ2) is 4.46. The summed E-state index contributed by atoms with van der Waals surface area (Å²) >= 11 is 0. The van der Waals surface area contributed by atoms with Crippen molar-refractivity contribution in [2.75, 3.05) is 5.73 Å². The van der Waals surface area contributed by atoms with Crippen molar-refractivity contribution in [1.82, 2.24) is 0 Å². The van der Waals surface area contributed by atoms with Gasteiger partial charge in [-0.1, -0.05) is 36.4 Å². The van der Waals surface area contributed by atoms with Crippen molar-refractivity contribution in [2.24, 2.45) is 0 Å². The van der Waals surface area contributed by atoms with Crippen LogP contribution in [0.15, 0.2) is 36.4 Å². The topological polar surface area (TPSA) is 26.0 Å². The van der Waals surface area contributed by atoms with Crippen molar-refractivity contribution in [3.05, 3.63) is 63.5 Å². The van der Waals surface area contributed by atoms with Gasteiger partial charge in [-0.15, -0.1) is 0 Å². The summed E-state index contributed by atoms with van der Waals surface area (Å²) < 4.78 is 0. The maximum Gasteiger partial charge on any atom is 0.0317 e. The van der Waals surface area contributed by atoms with Gasteiger partial charge in [0.1, 0.15) is 0 Å². The van der Waals surface area contributed by atoms with E-state index in [0.717, 1.165) is 16.1 Å². The van der Waals surface area contributed by atoms with Gasteiger partial charge in [0.15, 0.2) is 0 Å². The van der Waals surface area contributed by atoms with E-state index in [1.165, 1.54) is 16.7 Å². The van der Waals surface area contributed by atoms with E-state index < -0.39 is 0 Å². The van der Waals surface area contributed by atoms with E-state index in [9.17, 15) is 0 Å². The average Bonchev–Trinajstić information content (AvgIpc) is 2.25. The molecular weight excluding hydrogens is 206 g/mol. The van der Waals surface area contributed by atoms with Gasteiger partial charge in [0.2, 0.25) is 0 Å². The Bertz CT molecular complexity index is 654. The summed E-state index contributed by atoms with van der Waals surface area (Å²) in [6, 6.07) is 12.3. The summed E-state index contributed by atoms with van der Waals surface area (Å²) in [5.41, 5.74) is 10.2. The number of hydrogen-bond acceptors (Lipinski definition) is 1. The van der Waals surface area contributed by atoms with Crippen LogP contribution < -0.4 is 16.2 Å². The van der Waals surface area contributed by atoms with Crippen molar-refractivity contribution >= 4 is 18.3 Å². The lowest BCUT2D eigenvalue weighted by molar-refractivity contribution is 1.39. The Morgan fingerprint density at radius 1 is 1.06 bits per heavy atom. The molecule has 1 nitrogen and oxygen atoms in total. The molecule has 0 saturated heterocycles. The van der Waals surface area contributed by atoms with Crippen LogP contribution in [0.3, 0.4) is 0 Å². The molecule has 0 atom stereocenters. The molecule has 1 heteroatoms. The fourth-order valence-corrected chi connectivity index (χ4v) is 1.90. The highest BCUT2D eigenvalue weighted by Gasteiger charge is 1.95. The van der Waals surface area contributed by atoms with Gasteiger partial charge in [-0.3, -0.25) is 0 Å². The van der Waals surface area contributed by atoms with E-state index in [1.54, 1.807) is 0 Å². The van der Waals surface area contributed by atoms with E-state index >= 15 is 0 Å². The highest BCUT2D eigenvalue weighted by atomic mass is 14.5. The molecule has 0 fully saturated rings. The number of hydrogen-bond donors (Lipinski definition) is 1. The van der Waals surface area contributed by atoms with Crippen molar-refractivity contribution < 1.29 is 0 Å². The molecule has 2 aromatic rings. The van der Waals surface area contributed by atoms with Crippen LogP contribution in [0.25, 0.3) is 12.7 Å². The largest absolute Gasteiger partial charge is 0.399 e. The second-order valence-corrected chi connectivity index (χ2v) is 4.46. The summed E-state index contributed by atoms with van der Waals surface area (Å²) in [5, 5.41) is 2.21. The first kappa shape index (κ1) is 11.5. The molecule has 2 rings (SSSR count). The molecule has 86 valence electrons. The summed E-state index contributed by atoms with van der Waals surface area (Å²) in [5.74, 6) is 0. The normalized spacial score (nSPS) is 11.8. The third-order valence-electron chi connectivity index (χ3n) is 2.90. The van der Waals surface area contributed by atoms with E-state index in [-0.39, 0.29) is 0 Å². The summed E-state index contributed by atoms with van der Waals surface area (Å²) in [7, 11) is 0. The maximum atomic E-state index is 5.74. The molecule has 0 amide bonds. The third-order valence-corrected chi connectivity index (χ3v) is 2.90. The quantitative estimate of drug-likeness (QED) is 0.736. The molecule has 0 aromatic heterocycles. The number of rotatable bonds is 1. The van der Waals surface area contributed by atoms with Gasteiger partial charge in [0, 0.05) is 5.69 Å². The summed E-state index contributed by atoms with van der Waals surface area (Å²) in [4.78, 5) is 0. The first-order chi connectivity index (χ1) is 8.06. The summed E-state index contributed by atoms with van der Waals surface area (Å²) in [6.45, 7) is 8.21. The number of aryl methyl sites for hydroxylation is 2. The molecule has 0 spiro atoms. The monoisotopic (exact) mass is 223 g/mol. The van der Waals surface area contributed by atoms with Crippen LogP contribution >= 0.6 is 0 Å². The molecular formula is C16H17N. The molecule has 0 radical (unpaired) electrons. The fraction of sp³-hybridized carbons (Fsp3) is 0.125. The van der Waals surface area contributed by atoms with Gasteiger partial charge in [-0.2, -0.15) is 0 Å². The third kappa shape index (κ3) is 2.56. The number of benzene rings is 2. The molecule has 2 N–H and O–H groups in total. The van der Waals surface area contributed by atoms with Crippen molar-refractivity contribution in [3.63, 3.8) is 0 Å². The Morgan fingerprint density at radius 3 is 2.47 bits per heavy atom. The number of anilines is 1. The molecule has 0 saturated carbocycles. The zero-order chi connectivity index (χ0) is 12.4. The average molecular weight is 223 g/mol. The van der Waals surface area contributed by atoms with Crippen LogP contribution in [0.5, 0.6) is 0 Å². The van der Waals surface area contributed by atoms with Gasteiger partial charge in [-0.05, 0) is 53.6 Å². The Hall–Kier alpha value is -2.02. The van der Waals surface area contributed by atoms with Crippen LogP contribution in [-0.4, -0.2) is 0 Å². The lowest BCUT2D eigenvalue weighted by Gasteiger charge is -2.02. The predicted octanol–water partition coefficient (Wildman–Crippen LogP) is 2.12. The van der Waals surface area contributed by atoms with E-state index in [1.807, 2.05) is 18.2 Å². The van der Waals surface area contributed by atoms with E-state index in [0.29, 0.717) is 0 Å². The fourth-order valence-electron chi connectivity index (χ4n) is 1.90. The number of nitrogens with two attached hydrogens (primary N) is 1. The van der Waals surface area contributed by atoms with Crippen LogP contribution in [0.2, 0.25) is 0 Å². The van der Waals surface area contributed by atoms with Crippen molar-refractivity contribution in [3.8, 4) is 0 Å². The predicted molar refractivity (Wildman–Crippen MR) is 75.1 cm³/mol. The van der Waals surface area contributed by atoms with Crippen LogP contribution in [0.1, 0.15) is 16.7 Å². The lowest BCUT2D eigenvalue weighted by Crippen LogP contribution is -2.22. The highest BCUT2D eigenvalue weighted by molar-refractivity contribution is 5.58. The molecule has 0 heterocycles. The smallest absolute Gasteiger partial charge is 0.0317 e. The molecule has 0 bridgehead atoms. The minimum atomic E-state index is 0.804. The van der Waals surface area contributed by atoms with Gasteiger partial charge in [0.05, 0.1) is 0 Å². The summed E-state index contributed by atoms with van der Waals surface area (Å²) in [6.07, 6.45) is 2.15. The Kier molecular flexibility index (Phi) is 3.01. The molecule has 0 aliphatic carbocycles. The van der Waals surface area contributed by atoms with Gasteiger partial charge >= 0.3 is 0 Å². The van der Waals surface area contributed by atoms with Crippen LogP contribution in [-0.2, 0) is 0 Å². The Morgan fingerprint density at radius 2 is 1.82 bits per heavy atom. The van der Waals surface area contributed by atoms with Gasteiger partial charge in [0.25, 0.3) is 0 Å². The second-order valence-electron chi connectivity index (χ2n) is 4.46. The first-order valence-electron chi connectivity index (χ1n) is 5.70. The lowest BCUT2D eigenvalue weighted by atomic mass is 10.1. The first-order valence-corrected chi connectivity index (χ1v) is 5.70. The van der Waals surface area contributed by atoms with Crippen LogP contribution in [0.4, 0.5) is 5.69 Å². The maximum absolute atomic E-state index is 5.74.